The van der Waals surface area contributed by atoms with Crippen LogP contribution >= 0.6 is 0 Å². The largest absolute Gasteiger partial charge is 0.382 e. The maximum Gasteiger partial charge on any atom is 0.146 e. The van der Waals surface area contributed by atoms with Gasteiger partial charge in [0.15, 0.2) is 0 Å². The van der Waals surface area contributed by atoms with Gasteiger partial charge in [0.05, 0.1) is 22.5 Å². The van der Waals surface area contributed by atoms with Crippen molar-refractivity contribution in [1.82, 2.24) is 24.8 Å². The van der Waals surface area contributed by atoms with Gasteiger partial charge in [-0.3, -0.25) is 0 Å². The molecule has 0 spiro atoms. The van der Waals surface area contributed by atoms with E-state index >= 15 is 0 Å². The van der Waals surface area contributed by atoms with Gasteiger partial charge in [-0.05, 0) is 30.3 Å². The SMILES string of the molecule is Cn1nnc2ccc(-n3nc(N)cc3-c3ccc(C#N)c(F)c3)cc21. The Kier molecular flexibility index (Phi) is 3.22. The summed E-state index contributed by atoms with van der Waals surface area (Å²) in [6.07, 6.45) is 0. The highest BCUT2D eigenvalue weighted by Gasteiger charge is 2.14. The molecule has 0 aliphatic heterocycles. The van der Waals surface area contributed by atoms with Crippen molar-refractivity contribution in [2.45, 2.75) is 0 Å². The number of benzene rings is 2. The Hall–Kier alpha value is -3.73. The first-order chi connectivity index (χ1) is 12.1. The fourth-order valence-corrected chi connectivity index (χ4v) is 2.72. The number of nitrogens with zero attached hydrogens (tertiary/aromatic N) is 6. The van der Waals surface area contributed by atoms with Crippen LogP contribution in [-0.4, -0.2) is 24.8 Å². The first kappa shape index (κ1) is 14.8. The van der Waals surface area contributed by atoms with Crippen molar-refractivity contribution >= 4 is 16.9 Å². The van der Waals surface area contributed by atoms with Gasteiger partial charge in [0.25, 0.3) is 0 Å². The first-order valence-electron chi connectivity index (χ1n) is 7.42. The number of halogens is 1. The Balaban J connectivity index is 1.90. The number of nitrogens with two attached hydrogens (primary N) is 1. The standard InChI is InChI=1S/C17H12FN7/c1-24-16-7-12(4-5-14(16)21-23-24)25-15(8-17(20)22-25)10-2-3-11(9-19)13(18)6-10/h2-8H,1H3,(H2,20,22). The number of anilines is 1. The van der Waals surface area contributed by atoms with Crippen LogP contribution in [0.15, 0.2) is 42.5 Å². The molecule has 25 heavy (non-hydrogen) atoms. The van der Waals surface area contributed by atoms with Crippen molar-refractivity contribution in [1.29, 1.82) is 5.26 Å². The van der Waals surface area contributed by atoms with Gasteiger partial charge in [-0.25, -0.2) is 13.8 Å². The lowest BCUT2D eigenvalue weighted by Gasteiger charge is -2.08. The second-order valence-electron chi connectivity index (χ2n) is 5.56. The van der Waals surface area contributed by atoms with E-state index < -0.39 is 5.82 Å². The quantitative estimate of drug-likeness (QED) is 0.607. The minimum Gasteiger partial charge on any atom is -0.382 e. The summed E-state index contributed by atoms with van der Waals surface area (Å²) in [5.41, 5.74) is 9.39. The van der Waals surface area contributed by atoms with E-state index in [2.05, 4.69) is 15.4 Å². The highest BCUT2D eigenvalue weighted by Crippen LogP contribution is 2.27. The minimum atomic E-state index is -0.586. The predicted octanol–water partition coefficient (Wildman–Crippen LogP) is 2.41. The number of nitriles is 1. The normalized spacial score (nSPS) is 10.9. The lowest BCUT2D eigenvalue weighted by Crippen LogP contribution is -2.01. The van der Waals surface area contributed by atoms with Crippen molar-refractivity contribution in [2.75, 3.05) is 5.73 Å². The van der Waals surface area contributed by atoms with Gasteiger partial charge in [0, 0.05) is 18.7 Å². The lowest BCUT2D eigenvalue weighted by molar-refractivity contribution is 0.624. The van der Waals surface area contributed by atoms with Crippen LogP contribution in [0.1, 0.15) is 5.56 Å². The van der Waals surface area contributed by atoms with Gasteiger partial charge in [-0.2, -0.15) is 10.4 Å². The third-order valence-electron chi connectivity index (χ3n) is 3.95. The van der Waals surface area contributed by atoms with Crippen LogP contribution in [0.5, 0.6) is 0 Å². The van der Waals surface area contributed by atoms with Gasteiger partial charge < -0.3 is 5.73 Å². The number of rotatable bonds is 2. The van der Waals surface area contributed by atoms with E-state index in [4.69, 9.17) is 11.0 Å². The summed E-state index contributed by atoms with van der Waals surface area (Å²) in [5, 5.41) is 21.2. The molecule has 2 heterocycles. The molecule has 0 radical (unpaired) electrons. The van der Waals surface area contributed by atoms with Gasteiger partial charge >= 0.3 is 0 Å². The van der Waals surface area contributed by atoms with Gasteiger partial charge in [0.1, 0.15) is 23.2 Å². The van der Waals surface area contributed by atoms with E-state index in [1.165, 1.54) is 12.1 Å². The highest BCUT2D eigenvalue weighted by atomic mass is 19.1. The molecular formula is C17H12FN7. The van der Waals surface area contributed by atoms with Gasteiger partial charge in [0.2, 0.25) is 0 Å². The van der Waals surface area contributed by atoms with Crippen LogP contribution in [0.25, 0.3) is 28.0 Å². The van der Waals surface area contributed by atoms with Crippen LogP contribution < -0.4 is 5.73 Å². The number of hydrogen-bond donors (Lipinski definition) is 1. The van der Waals surface area contributed by atoms with Crippen molar-refractivity contribution in [3.63, 3.8) is 0 Å². The van der Waals surface area contributed by atoms with E-state index in [0.29, 0.717) is 17.1 Å². The zero-order valence-electron chi connectivity index (χ0n) is 13.2. The summed E-state index contributed by atoms with van der Waals surface area (Å²) in [6.45, 7) is 0. The molecular weight excluding hydrogens is 321 g/mol. The Morgan fingerprint density at radius 2 is 2.00 bits per heavy atom. The summed E-state index contributed by atoms with van der Waals surface area (Å²) in [6, 6.07) is 13.4. The van der Waals surface area contributed by atoms with Crippen LogP contribution in [0.4, 0.5) is 10.2 Å². The zero-order valence-corrected chi connectivity index (χ0v) is 13.2. The smallest absolute Gasteiger partial charge is 0.146 e. The summed E-state index contributed by atoms with van der Waals surface area (Å²) >= 11 is 0. The Morgan fingerprint density at radius 1 is 1.16 bits per heavy atom. The fourth-order valence-electron chi connectivity index (χ4n) is 2.72. The number of fused-ring (bicyclic) bond motifs is 1. The summed E-state index contributed by atoms with van der Waals surface area (Å²) in [5.74, 6) is -0.277. The third kappa shape index (κ3) is 2.38. The molecule has 2 aromatic carbocycles. The van der Waals surface area contributed by atoms with Crippen LogP contribution in [-0.2, 0) is 7.05 Å². The number of nitrogen functional groups attached to an aromatic ring is 1. The lowest BCUT2D eigenvalue weighted by atomic mass is 10.1. The predicted molar refractivity (Wildman–Crippen MR) is 90.2 cm³/mol. The van der Waals surface area contributed by atoms with Crippen LogP contribution in [0, 0.1) is 17.1 Å². The molecule has 0 atom stereocenters. The molecule has 0 saturated carbocycles. The summed E-state index contributed by atoms with van der Waals surface area (Å²) in [4.78, 5) is 0. The van der Waals surface area contributed by atoms with E-state index in [1.54, 1.807) is 28.5 Å². The molecule has 0 aliphatic carbocycles. The van der Waals surface area contributed by atoms with Crippen LogP contribution in [0.2, 0.25) is 0 Å². The fraction of sp³-hybridized carbons (Fsp3) is 0.0588. The molecule has 122 valence electrons. The molecule has 4 aromatic rings. The molecule has 2 aromatic heterocycles. The van der Waals surface area contributed by atoms with Crippen LogP contribution in [0.3, 0.4) is 0 Å². The Morgan fingerprint density at radius 3 is 2.76 bits per heavy atom. The monoisotopic (exact) mass is 333 g/mol. The Bertz CT molecular complexity index is 1150. The first-order valence-corrected chi connectivity index (χ1v) is 7.42. The summed E-state index contributed by atoms with van der Waals surface area (Å²) in [7, 11) is 1.80. The molecule has 8 heteroatoms. The van der Waals surface area contributed by atoms with Crippen molar-refractivity contribution in [3.8, 4) is 23.0 Å². The highest BCUT2D eigenvalue weighted by molar-refractivity contribution is 5.77. The van der Waals surface area contributed by atoms with E-state index in [-0.39, 0.29) is 5.56 Å². The molecule has 0 fully saturated rings. The third-order valence-corrected chi connectivity index (χ3v) is 3.95. The van der Waals surface area contributed by atoms with Crippen molar-refractivity contribution < 1.29 is 4.39 Å². The molecule has 2 N–H and O–H groups in total. The molecule has 0 aliphatic rings. The van der Waals surface area contributed by atoms with E-state index in [0.717, 1.165) is 16.7 Å². The molecule has 0 saturated heterocycles. The maximum atomic E-state index is 14.0. The molecule has 4 rings (SSSR count). The second-order valence-corrected chi connectivity index (χ2v) is 5.56. The number of hydrogen-bond acceptors (Lipinski definition) is 5. The summed E-state index contributed by atoms with van der Waals surface area (Å²) < 4.78 is 17.3. The number of aryl methyl sites for hydroxylation is 1. The molecule has 0 bridgehead atoms. The van der Waals surface area contributed by atoms with E-state index in [1.807, 2.05) is 24.3 Å². The average Bonchev–Trinajstić information content (AvgIpc) is 3.18. The Labute approximate surface area is 141 Å². The maximum absolute atomic E-state index is 14.0. The van der Waals surface area contributed by atoms with E-state index in [9.17, 15) is 4.39 Å². The second kappa shape index (κ2) is 5.42. The van der Waals surface area contributed by atoms with Crippen molar-refractivity contribution in [2.24, 2.45) is 7.05 Å². The average molecular weight is 333 g/mol. The zero-order chi connectivity index (χ0) is 17.6. The van der Waals surface area contributed by atoms with Crippen molar-refractivity contribution in [3.05, 3.63) is 53.8 Å². The molecule has 7 nitrogen and oxygen atoms in total. The number of aromatic nitrogens is 5. The van der Waals surface area contributed by atoms with Gasteiger partial charge in [-0.15, -0.1) is 5.10 Å². The van der Waals surface area contributed by atoms with Gasteiger partial charge in [-0.1, -0.05) is 11.3 Å². The molecule has 0 unspecified atom stereocenters. The minimum absolute atomic E-state index is 0.00911. The molecule has 0 amide bonds. The topological polar surface area (TPSA) is 98.3 Å².